The summed E-state index contributed by atoms with van der Waals surface area (Å²) in [6.45, 7) is 6.01. The Labute approximate surface area is 120 Å². The maximum absolute atomic E-state index is 11.6. The van der Waals surface area contributed by atoms with E-state index in [-0.39, 0.29) is 18.6 Å². The van der Waals surface area contributed by atoms with Crippen LogP contribution in [0.2, 0.25) is 0 Å². The highest BCUT2D eigenvalue weighted by molar-refractivity contribution is 5.77. The first-order valence-electron chi connectivity index (χ1n) is 6.83. The summed E-state index contributed by atoms with van der Waals surface area (Å²) >= 11 is 0. The molecule has 112 valence electrons. The van der Waals surface area contributed by atoms with Gasteiger partial charge in [-0.3, -0.25) is 4.79 Å². The highest BCUT2D eigenvalue weighted by Gasteiger charge is 2.07. The third-order valence-corrected chi connectivity index (χ3v) is 2.58. The molecule has 5 nitrogen and oxygen atoms in total. The van der Waals surface area contributed by atoms with Crippen LogP contribution in [0.5, 0.6) is 5.75 Å². The number of carbonyl (C=O) groups is 1. The number of ether oxygens (including phenoxy) is 2. The molecule has 0 fully saturated rings. The van der Waals surface area contributed by atoms with Gasteiger partial charge in [-0.2, -0.15) is 0 Å². The molecule has 0 heterocycles. The summed E-state index contributed by atoms with van der Waals surface area (Å²) in [7, 11) is 1.67. The standard InChI is InChI=1S/C15H24N2O3/c1-12(2)17-15(18)11-20-14-7-5-4-6-13(14)10-16-8-9-19-3/h4-7,12,16H,8-11H2,1-3H3,(H,17,18). The molecular formula is C15H24N2O3. The first kappa shape index (κ1) is 16.5. The van der Waals surface area contributed by atoms with Crippen LogP contribution in [0.25, 0.3) is 0 Å². The minimum Gasteiger partial charge on any atom is -0.483 e. The second-order valence-corrected chi connectivity index (χ2v) is 4.79. The molecule has 20 heavy (non-hydrogen) atoms. The van der Waals surface area contributed by atoms with E-state index in [2.05, 4.69) is 10.6 Å². The van der Waals surface area contributed by atoms with Crippen LogP contribution in [0.4, 0.5) is 0 Å². The van der Waals surface area contributed by atoms with Crippen molar-refractivity contribution < 1.29 is 14.3 Å². The Morgan fingerprint density at radius 1 is 1.30 bits per heavy atom. The van der Waals surface area contributed by atoms with E-state index in [1.807, 2.05) is 38.1 Å². The van der Waals surface area contributed by atoms with Gasteiger partial charge in [0.2, 0.25) is 0 Å². The quantitative estimate of drug-likeness (QED) is 0.670. The highest BCUT2D eigenvalue weighted by atomic mass is 16.5. The van der Waals surface area contributed by atoms with Crippen LogP contribution in [0, 0.1) is 0 Å². The molecular weight excluding hydrogens is 256 g/mol. The smallest absolute Gasteiger partial charge is 0.258 e. The SMILES string of the molecule is COCCNCc1ccccc1OCC(=O)NC(C)C. The summed E-state index contributed by atoms with van der Waals surface area (Å²) in [6.07, 6.45) is 0. The van der Waals surface area contributed by atoms with E-state index >= 15 is 0 Å². The van der Waals surface area contributed by atoms with E-state index in [1.165, 1.54) is 0 Å². The molecule has 0 aromatic heterocycles. The number of para-hydroxylation sites is 1. The molecule has 1 rings (SSSR count). The molecule has 0 aliphatic rings. The van der Waals surface area contributed by atoms with Gasteiger partial charge in [-0.15, -0.1) is 0 Å². The molecule has 1 amide bonds. The molecule has 5 heteroatoms. The fourth-order valence-electron chi connectivity index (χ4n) is 1.69. The third-order valence-electron chi connectivity index (χ3n) is 2.58. The number of rotatable bonds is 9. The zero-order valence-electron chi connectivity index (χ0n) is 12.4. The lowest BCUT2D eigenvalue weighted by atomic mass is 10.2. The van der Waals surface area contributed by atoms with E-state index < -0.39 is 0 Å². The maximum atomic E-state index is 11.6. The van der Waals surface area contributed by atoms with Gasteiger partial charge in [0.15, 0.2) is 6.61 Å². The van der Waals surface area contributed by atoms with Crippen molar-refractivity contribution in [3.05, 3.63) is 29.8 Å². The molecule has 1 aromatic rings. The number of carbonyl (C=O) groups excluding carboxylic acids is 1. The Hall–Kier alpha value is -1.59. The Kier molecular flexibility index (Phi) is 7.69. The number of benzene rings is 1. The number of nitrogens with one attached hydrogen (secondary N) is 2. The lowest BCUT2D eigenvalue weighted by molar-refractivity contribution is -0.123. The van der Waals surface area contributed by atoms with Crippen LogP contribution in [-0.4, -0.2) is 38.8 Å². The Morgan fingerprint density at radius 3 is 2.75 bits per heavy atom. The van der Waals surface area contributed by atoms with Crippen LogP contribution in [-0.2, 0) is 16.1 Å². The summed E-state index contributed by atoms with van der Waals surface area (Å²) in [6, 6.07) is 7.82. The minimum atomic E-state index is -0.109. The van der Waals surface area contributed by atoms with E-state index in [0.29, 0.717) is 13.2 Å². The predicted octanol–water partition coefficient (Wildman–Crippen LogP) is 1.33. The molecule has 2 N–H and O–H groups in total. The fraction of sp³-hybridized carbons (Fsp3) is 0.533. The Balaban J connectivity index is 2.46. The van der Waals surface area contributed by atoms with Crippen LogP contribution in [0.15, 0.2) is 24.3 Å². The number of hydrogen-bond acceptors (Lipinski definition) is 4. The van der Waals surface area contributed by atoms with Gasteiger partial charge >= 0.3 is 0 Å². The summed E-state index contributed by atoms with van der Waals surface area (Å²) in [5.41, 5.74) is 1.03. The second-order valence-electron chi connectivity index (χ2n) is 4.79. The lowest BCUT2D eigenvalue weighted by Gasteiger charge is -2.13. The zero-order chi connectivity index (χ0) is 14.8. The van der Waals surface area contributed by atoms with Crippen LogP contribution < -0.4 is 15.4 Å². The van der Waals surface area contributed by atoms with Gasteiger partial charge in [0, 0.05) is 31.8 Å². The lowest BCUT2D eigenvalue weighted by Crippen LogP contribution is -2.34. The van der Waals surface area contributed by atoms with E-state index in [4.69, 9.17) is 9.47 Å². The minimum absolute atomic E-state index is 0.0350. The van der Waals surface area contributed by atoms with Gasteiger partial charge in [0.1, 0.15) is 5.75 Å². The van der Waals surface area contributed by atoms with Crippen molar-refractivity contribution in [2.24, 2.45) is 0 Å². The van der Waals surface area contributed by atoms with Crippen LogP contribution in [0.1, 0.15) is 19.4 Å². The Morgan fingerprint density at radius 2 is 2.05 bits per heavy atom. The fourth-order valence-corrected chi connectivity index (χ4v) is 1.69. The number of methoxy groups -OCH3 is 1. The molecule has 0 saturated carbocycles. The summed E-state index contributed by atoms with van der Waals surface area (Å²) in [4.78, 5) is 11.6. The molecule has 0 unspecified atom stereocenters. The van der Waals surface area contributed by atoms with Crippen molar-refractivity contribution in [3.63, 3.8) is 0 Å². The van der Waals surface area contributed by atoms with Crippen LogP contribution >= 0.6 is 0 Å². The first-order valence-corrected chi connectivity index (χ1v) is 6.83. The van der Waals surface area contributed by atoms with Gasteiger partial charge in [-0.05, 0) is 19.9 Å². The monoisotopic (exact) mass is 280 g/mol. The van der Waals surface area contributed by atoms with Crippen molar-refractivity contribution in [2.45, 2.75) is 26.4 Å². The van der Waals surface area contributed by atoms with Crippen LogP contribution in [0.3, 0.4) is 0 Å². The third kappa shape index (κ3) is 6.54. The summed E-state index contributed by atoms with van der Waals surface area (Å²) in [5, 5.41) is 6.05. The molecule has 0 atom stereocenters. The van der Waals surface area contributed by atoms with Gasteiger partial charge in [-0.1, -0.05) is 18.2 Å². The normalized spacial score (nSPS) is 10.6. The molecule has 0 spiro atoms. The summed E-state index contributed by atoms with van der Waals surface area (Å²) in [5.74, 6) is 0.624. The largest absolute Gasteiger partial charge is 0.483 e. The average Bonchev–Trinajstić information content (AvgIpc) is 2.41. The second kappa shape index (κ2) is 9.34. The molecule has 0 saturated heterocycles. The van der Waals surface area contributed by atoms with Gasteiger partial charge in [0.05, 0.1) is 6.61 Å². The van der Waals surface area contributed by atoms with Crippen molar-refractivity contribution in [2.75, 3.05) is 26.9 Å². The van der Waals surface area contributed by atoms with Crippen molar-refractivity contribution in [1.29, 1.82) is 0 Å². The topological polar surface area (TPSA) is 59.6 Å². The predicted molar refractivity (Wildman–Crippen MR) is 78.8 cm³/mol. The summed E-state index contributed by atoms with van der Waals surface area (Å²) < 4.78 is 10.6. The molecule has 0 radical (unpaired) electrons. The van der Waals surface area contributed by atoms with E-state index in [0.717, 1.165) is 17.9 Å². The molecule has 1 aromatic carbocycles. The van der Waals surface area contributed by atoms with Crippen molar-refractivity contribution in [1.82, 2.24) is 10.6 Å². The first-order chi connectivity index (χ1) is 9.63. The molecule has 0 bridgehead atoms. The number of hydrogen-bond donors (Lipinski definition) is 2. The Bertz CT molecular complexity index is 408. The van der Waals surface area contributed by atoms with Crippen molar-refractivity contribution in [3.8, 4) is 5.75 Å². The molecule has 0 aliphatic heterocycles. The van der Waals surface area contributed by atoms with E-state index in [1.54, 1.807) is 7.11 Å². The van der Waals surface area contributed by atoms with Gasteiger partial charge < -0.3 is 20.1 Å². The highest BCUT2D eigenvalue weighted by Crippen LogP contribution is 2.17. The van der Waals surface area contributed by atoms with Crippen molar-refractivity contribution >= 4 is 5.91 Å². The zero-order valence-corrected chi connectivity index (χ0v) is 12.4. The van der Waals surface area contributed by atoms with Gasteiger partial charge in [0.25, 0.3) is 5.91 Å². The number of amides is 1. The maximum Gasteiger partial charge on any atom is 0.258 e. The molecule has 0 aliphatic carbocycles. The van der Waals surface area contributed by atoms with E-state index in [9.17, 15) is 4.79 Å². The van der Waals surface area contributed by atoms with Gasteiger partial charge in [-0.25, -0.2) is 0 Å². The average molecular weight is 280 g/mol.